The van der Waals surface area contributed by atoms with Crippen LogP contribution in [-0.2, 0) is 16.1 Å². The van der Waals surface area contributed by atoms with E-state index < -0.39 is 0 Å². The van der Waals surface area contributed by atoms with Gasteiger partial charge in [-0.2, -0.15) is 0 Å². The Morgan fingerprint density at radius 1 is 1.33 bits per heavy atom. The molecule has 1 unspecified atom stereocenters. The maximum atomic E-state index is 12.7. The second kappa shape index (κ2) is 8.32. The van der Waals surface area contributed by atoms with Gasteiger partial charge in [0.25, 0.3) is 0 Å². The van der Waals surface area contributed by atoms with Crippen LogP contribution in [0.3, 0.4) is 0 Å². The Bertz CT molecular complexity index is 575. The van der Waals surface area contributed by atoms with Gasteiger partial charge in [0, 0.05) is 26.2 Å². The number of carbonyl (C=O) groups is 1. The highest BCUT2D eigenvalue weighted by atomic mass is 79.9. The normalized spacial score (nSPS) is 22.4. The zero-order valence-corrected chi connectivity index (χ0v) is 15.8. The van der Waals surface area contributed by atoms with Crippen molar-refractivity contribution in [1.82, 2.24) is 9.80 Å². The minimum absolute atomic E-state index is 0.124. The molecule has 132 valence electrons. The van der Waals surface area contributed by atoms with E-state index in [4.69, 9.17) is 9.47 Å². The molecule has 1 atom stereocenters. The first-order valence-electron chi connectivity index (χ1n) is 8.58. The zero-order chi connectivity index (χ0) is 16.9. The summed E-state index contributed by atoms with van der Waals surface area (Å²) in [6, 6.07) is 6.18. The lowest BCUT2D eigenvalue weighted by Gasteiger charge is -2.36. The Morgan fingerprint density at radius 2 is 2.12 bits per heavy atom. The highest BCUT2D eigenvalue weighted by molar-refractivity contribution is 9.10. The van der Waals surface area contributed by atoms with Gasteiger partial charge in [-0.15, -0.1) is 0 Å². The molecule has 2 heterocycles. The molecule has 2 aliphatic heterocycles. The molecule has 1 aromatic rings. The monoisotopic (exact) mass is 396 g/mol. The van der Waals surface area contributed by atoms with E-state index in [1.807, 2.05) is 11.0 Å². The van der Waals surface area contributed by atoms with Crippen LogP contribution in [0.5, 0.6) is 5.75 Å². The first-order valence-corrected chi connectivity index (χ1v) is 9.38. The van der Waals surface area contributed by atoms with E-state index in [1.165, 1.54) is 5.56 Å². The van der Waals surface area contributed by atoms with Gasteiger partial charge >= 0.3 is 0 Å². The number of likely N-dealkylation sites (tertiary alicyclic amines) is 1. The summed E-state index contributed by atoms with van der Waals surface area (Å²) < 4.78 is 11.6. The summed E-state index contributed by atoms with van der Waals surface area (Å²) in [5, 5.41) is 0. The number of rotatable bonds is 4. The highest BCUT2D eigenvalue weighted by Gasteiger charge is 2.30. The molecule has 0 aromatic heterocycles. The van der Waals surface area contributed by atoms with Gasteiger partial charge in [-0.3, -0.25) is 9.69 Å². The number of methoxy groups -OCH3 is 1. The van der Waals surface area contributed by atoms with Gasteiger partial charge in [0.1, 0.15) is 5.75 Å². The van der Waals surface area contributed by atoms with Crippen molar-refractivity contribution in [3.05, 3.63) is 28.2 Å². The molecule has 0 N–H and O–H groups in total. The number of hydrogen-bond acceptors (Lipinski definition) is 4. The first kappa shape index (κ1) is 17.7. The van der Waals surface area contributed by atoms with Gasteiger partial charge in [0.05, 0.1) is 30.7 Å². The SMILES string of the molecule is COc1ccc(CN2CCCC(C(=O)N3CCOCC3)C2)cc1Br. The van der Waals surface area contributed by atoms with Gasteiger partial charge in [-0.1, -0.05) is 6.07 Å². The predicted octanol–water partition coefficient (Wildman–Crippen LogP) is 2.53. The van der Waals surface area contributed by atoms with E-state index >= 15 is 0 Å². The van der Waals surface area contributed by atoms with E-state index in [0.29, 0.717) is 19.1 Å². The second-order valence-electron chi connectivity index (χ2n) is 6.48. The molecule has 2 saturated heterocycles. The molecule has 5 nitrogen and oxygen atoms in total. The lowest BCUT2D eigenvalue weighted by molar-refractivity contribution is -0.141. The zero-order valence-electron chi connectivity index (χ0n) is 14.2. The standard InChI is InChI=1S/C18H25BrN2O3/c1-23-17-5-4-14(11-16(17)19)12-20-6-2-3-15(13-20)18(22)21-7-9-24-10-8-21/h4-5,11,15H,2-3,6-10,12-13H2,1H3. The minimum atomic E-state index is 0.124. The van der Waals surface area contributed by atoms with Crippen molar-refractivity contribution in [2.75, 3.05) is 46.5 Å². The fourth-order valence-corrected chi connectivity index (χ4v) is 4.10. The summed E-state index contributed by atoms with van der Waals surface area (Å²) >= 11 is 3.54. The number of hydrogen-bond donors (Lipinski definition) is 0. The number of benzene rings is 1. The molecule has 0 aliphatic carbocycles. The molecule has 24 heavy (non-hydrogen) atoms. The molecule has 2 fully saturated rings. The Hall–Kier alpha value is -1.11. The van der Waals surface area contributed by atoms with Crippen molar-refractivity contribution in [2.45, 2.75) is 19.4 Å². The van der Waals surface area contributed by atoms with Crippen molar-refractivity contribution >= 4 is 21.8 Å². The molecule has 0 spiro atoms. The average Bonchev–Trinajstić information content (AvgIpc) is 2.62. The minimum Gasteiger partial charge on any atom is -0.496 e. The Labute approximate surface area is 152 Å². The molecule has 3 rings (SSSR count). The summed E-state index contributed by atoms with van der Waals surface area (Å²) in [6.45, 7) is 5.58. The van der Waals surface area contributed by atoms with E-state index in [9.17, 15) is 4.79 Å². The van der Waals surface area contributed by atoms with E-state index in [0.717, 1.165) is 55.8 Å². The number of nitrogens with zero attached hydrogens (tertiary/aromatic N) is 2. The van der Waals surface area contributed by atoms with Gasteiger partial charge in [0.15, 0.2) is 0 Å². The third kappa shape index (κ3) is 4.29. The highest BCUT2D eigenvalue weighted by Crippen LogP contribution is 2.27. The smallest absolute Gasteiger partial charge is 0.227 e. The molecule has 0 radical (unpaired) electrons. The number of halogens is 1. The molecule has 0 saturated carbocycles. The molecule has 1 aromatic carbocycles. The number of carbonyl (C=O) groups excluding carboxylic acids is 1. The van der Waals surface area contributed by atoms with Crippen molar-refractivity contribution < 1.29 is 14.3 Å². The Kier molecular flexibility index (Phi) is 6.14. The number of morpholine rings is 1. The van der Waals surface area contributed by atoms with E-state index in [1.54, 1.807) is 7.11 Å². The van der Waals surface area contributed by atoms with Gasteiger partial charge in [-0.05, 0) is 53.0 Å². The lowest BCUT2D eigenvalue weighted by atomic mass is 9.96. The van der Waals surface area contributed by atoms with Crippen LogP contribution >= 0.6 is 15.9 Å². The lowest BCUT2D eigenvalue weighted by Crippen LogP contribution is -2.48. The Balaban J connectivity index is 1.59. The van der Waals surface area contributed by atoms with Crippen molar-refractivity contribution in [3.8, 4) is 5.75 Å². The molecule has 1 amide bonds. The largest absolute Gasteiger partial charge is 0.496 e. The maximum Gasteiger partial charge on any atom is 0.227 e. The number of piperidine rings is 1. The average molecular weight is 397 g/mol. The van der Waals surface area contributed by atoms with Crippen LogP contribution in [0.4, 0.5) is 0 Å². The fourth-order valence-electron chi connectivity index (χ4n) is 3.51. The van der Waals surface area contributed by atoms with Crippen molar-refractivity contribution in [2.24, 2.45) is 5.92 Å². The maximum absolute atomic E-state index is 12.7. The van der Waals surface area contributed by atoms with Gasteiger partial charge in [-0.25, -0.2) is 0 Å². The van der Waals surface area contributed by atoms with Crippen LogP contribution in [0.1, 0.15) is 18.4 Å². The summed E-state index contributed by atoms with van der Waals surface area (Å²) in [5.74, 6) is 1.27. The number of amides is 1. The van der Waals surface area contributed by atoms with Gasteiger partial charge in [0.2, 0.25) is 5.91 Å². The van der Waals surface area contributed by atoms with E-state index in [-0.39, 0.29) is 5.92 Å². The predicted molar refractivity (Wildman–Crippen MR) is 96.1 cm³/mol. The topological polar surface area (TPSA) is 42.0 Å². The van der Waals surface area contributed by atoms with Crippen molar-refractivity contribution in [1.29, 1.82) is 0 Å². The van der Waals surface area contributed by atoms with Crippen LogP contribution in [0.15, 0.2) is 22.7 Å². The Morgan fingerprint density at radius 3 is 2.83 bits per heavy atom. The van der Waals surface area contributed by atoms with Crippen LogP contribution in [0.2, 0.25) is 0 Å². The molecule has 6 heteroatoms. The molecule has 0 bridgehead atoms. The molecular formula is C18H25BrN2O3. The third-order valence-electron chi connectivity index (χ3n) is 4.80. The molecule has 2 aliphatic rings. The van der Waals surface area contributed by atoms with Crippen LogP contribution in [0.25, 0.3) is 0 Å². The first-order chi connectivity index (χ1) is 11.7. The van der Waals surface area contributed by atoms with Crippen LogP contribution < -0.4 is 4.74 Å². The second-order valence-corrected chi connectivity index (χ2v) is 7.34. The third-order valence-corrected chi connectivity index (χ3v) is 5.42. The summed E-state index contributed by atoms with van der Waals surface area (Å²) in [7, 11) is 1.67. The van der Waals surface area contributed by atoms with Gasteiger partial charge < -0.3 is 14.4 Å². The van der Waals surface area contributed by atoms with Crippen LogP contribution in [0, 0.1) is 5.92 Å². The van der Waals surface area contributed by atoms with Crippen molar-refractivity contribution in [3.63, 3.8) is 0 Å². The summed E-state index contributed by atoms with van der Waals surface area (Å²) in [4.78, 5) is 17.1. The summed E-state index contributed by atoms with van der Waals surface area (Å²) in [5.41, 5.74) is 1.24. The van der Waals surface area contributed by atoms with Crippen LogP contribution in [-0.4, -0.2) is 62.2 Å². The summed E-state index contributed by atoms with van der Waals surface area (Å²) in [6.07, 6.45) is 2.08. The molecular weight excluding hydrogens is 372 g/mol. The van der Waals surface area contributed by atoms with E-state index in [2.05, 4.69) is 33.0 Å². The fraction of sp³-hybridized carbons (Fsp3) is 0.611. The quantitative estimate of drug-likeness (QED) is 0.783. The number of ether oxygens (including phenoxy) is 2.